The van der Waals surface area contributed by atoms with Gasteiger partial charge in [-0.3, -0.25) is 24.8 Å². The molecule has 2 saturated heterocycles. The first-order chi connectivity index (χ1) is 18.7. The molecule has 2 aromatic carbocycles. The van der Waals surface area contributed by atoms with Crippen LogP contribution >= 0.6 is 0 Å². The molecule has 4 N–H and O–H groups in total. The predicted molar refractivity (Wildman–Crippen MR) is 140 cm³/mol. The Morgan fingerprint density at radius 1 is 1.03 bits per heavy atom. The van der Waals surface area contributed by atoms with Crippen LogP contribution in [-0.4, -0.2) is 74.6 Å². The topological polar surface area (TPSA) is 120 Å². The summed E-state index contributed by atoms with van der Waals surface area (Å²) in [5.41, 5.74) is 1.11. The second kappa shape index (κ2) is 12.4. The Kier molecular flexibility index (Phi) is 8.93. The number of nitrogens with zero attached hydrogens (tertiary/aromatic N) is 3. The molecule has 4 rings (SSSR count). The number of amides is 2. The van der Waals surface area contributed by atoms with Crippen LogP contribution in [0.4, 0.5) is 8.78 Å². The molecular weight excluding hydrogens is 508 g/mol. The van der Waals surface area contributed by atoms with E-state index < -0.39 is 24.1 Å². The lowest BCUT2D eigenvalue weighted by molar-refractivity contribution is -0.151. The monoisotopic (exact) mass is 541 g/mol. The van der Waals surface area contributed by atoms with Gasteiger partial charge in [0.05, 0.1) is 12.6 Å². The summed E-state index contributed by atoms with van der Waals surface area (Å²) in [5.74, 6) is -2.43. The fourth-order valence-electron chi connectivity index (χ4n) is 4.95. The summed E-state index contributed by atoms with van der Waals surface area (Å²) < 4.78 is 26.5. The normalized spacial score (nSPS) is 21.7. The highest BCUT2D eigenvalue weighted by Crippen LogP contribution is 2.26. The maximum absolute atomic E-state index is 13.4. The Morgan fingerprint density at radius 2 is 1.64 bits per heavy atom. The molecule has 39 heavy (non-hydrogen) atoms. The number of halogens is 2. The van der Waals surface area contributed by atoms with Crippen molar-refractivity contribution in [1.82, 2.24) is 20.0 Å². The lowest BCUT2D eigenvalue weighted by Gasteiger charge is -2.42. The van der Waals surface area contributed by atoms with Crippen molar-refractivity contribution in [3.63, 3.8) is 0 Å². The van der Waals surface area contributed by atoms with Crippen LogP contribution in [0, 0.1) is 17.0 Å². The van der Waals surface area contributed by atoms with Gasteiger partial charge in [0.25, 0.3) is 5.91 Å². The molecule has 208 valence electrons. The Morgan fingerprint density at radius 3 is 2.26 bits per heavy atom. The molecule has 2 fully saturated rings. The zero-order valence-corrected chi connectivity index (χ0v) is 21.7. The van der Waals surface area contributed by atoms with E-state index in [0.29, 0.717) is 18.5 Å². The van der Waals surface area contributed by atoms with Gasteiger partial charge >= 0.3 is 0 Å². The molecule has 2 aliphatic rings. The predicted octanol–water partition coefficient (Wildman–Crippen LogP) is 2.87. The fourth-order valence-corrected chi connectivity index (χ4v) is 4.95. The van der Waals surface area contributed by atoms with Crippen LogP contribution in [0.1, 0.15) is 37.3 Å². The van der Waals surface area contributed by atoms with Gasteiger partial charge in [0, 0.05) is 19.6 Å². The summed E-state index contributed by atoms with van der Waals surface area (Å²) in [6.45, 7) is 2.42. The molecule has 0 spiro atoms. The van der Waals surface area contributed by atoms with Gasteiger partial charge in [0.15, 0.2) is 0 Å². The van der Waals surface area contributed by atoms with Crippen molar-refractivity contribution in [2.75, 3.05) is 19.6 Å². The second-order valence-electron chi connectivity index (χ2n) is 9.69. The minimum absolute atomic E-state index is 0.0129. The van der Waals surface area contributed by atoms with E-state index in [1.165, 1.54) is 41.3 Å². The van der Waals surface area contributed by atoms with E-state index >= 15 is 0 Å². The summed E-state index contributed by atoms with van der Waals surface area (Å²) in [6.07, 6.45) is 0.737. The summed E-state index contributed by atoms with van der Waals surface area (Å²) in [7, 11) is 0. The number of amidine groups is 1. The molecule has 2 aliphatic heterocycles. The smallest absolute Gasteiger partial charge is 0.264 e. The van der Waals surface area contributed by atoms with Crippen molar-refractivity contribution in [2.24, 2.45) is 0 Å². The standard InChI is InChI=1S/C28H33F2N5O4/c1-2-34-27(38)24(25(31)35(28(34)39)16-19-8-12-21(30)13-9-19)23(36)17-33-14-4-3-5-22(33)26(37)32-15-18-6-10-20(29)11-7-18/h6-13,22,28,31,36,39H,2-5,14-17H2,1H3,(H,32,37)/t22-,28?/m1/s1. The van der Waals surface area contributed by atoms with E-state index in [1.54, 1.807) is 24.0 Å². The van der Waals surface area contributed by atoms with Crippen molar-refractivity contribution < 1.29 is 28.6 Å². The number of aliphatic hydroxyl groups is 2. The minimum atomic E-state index is -1.43. The van der Waals surface area contributed by atoms with E-state index in [4.69, 9.17) is 5.41 Å². The Balaban J connectivity index is 1.52. The van der Waals surface area contributed by atoms with Crippen LogP contribution in [0.3, 0.4) is 0 Å². The number of nitrogens with one attached hydrogen (secondary N) is 2. The molecule has 0 radical (unpaired) electrons. The van der Waals surface area contributed by atoms with Crippen LogP contribution in [0.5, 0.6) is 0 Å². The lowest BCUT2D eigenvalue weighted by atomic mass is 10.00. The van der Waals surface area contributed by atoms with Crippen LogP contribution in [-0.2, 0) is 22.7 Å². The van der Waals surface area contributed by atoms with Crippen LogP contribution in [0.15, 0.2) is 59.9 Å². The first kappa shape index (κ1) is 28.2. The number of hydrogen-bond donors (Lipinski definition) is 4. The lowest BCUT2D eigenvalue weighted by Crippen LogP contribution is -2.59. The molecule has 2 aromatic rings. The number of piperidine rings is 1. The summed E-state index contributed by atoms with van der Waals surface area (Å²) >= 11 is 0. The molecular formula is C28H33F2N5O4. The van der Waals surface area contributed by atoms with Gasteiger partial charge in [0.1, 0.15) is 28.8 Å². The van der Waals surface area contributed by atoms with E-state index in [9.17, 15) is 28.6 Å². The zero-order chi connectivity index (χ0) is 28.1. The van der Waals surface area contributed by atoms with E-state index in [-0.39, 0.29) is 55.1 Å². The molecule has 0 aliphatic carbocycles. The van der Waals surface area contributed by atoms with Gasteiger partial charge in [-0.25, -0.2) is 8.78 Å². The molecule has 11 heteroatoms. The number of carbonyl (C=O) groups excluding carboxylic acids is 2. The fraction of sp³-hybridized carbons (Fsp3) is 0.393. The Hall–Kier alpha value is -3.83. The maximum Gasteiger partial charge on any atom is 0.264 e. The highest BCUT2D eigenvalue weighted by Gasteiger charge is 2.41. The van der Waals surface area contributed by atoms with Gasteiger partial charge in [-0.1, -0.05) is 30.7 Å². The van der Waals surface area contributed by atoms with Crippen molar-refractivity contribution in [3.8, 4) is 0 Å². The van der Waals surface area contributed by atoms with E-state index in [0.717, 1.165) is 23.3 Å². The maximum atomic E-state index is 13.4. The van der Waals surface area contributed by atoms with Crippen LogP contribution < -0.4 is 5.32 Å². The third-order valence-corrected chi connectivity index (χ3v) is 7.10. The Bertz CT molecular complexity index is 1240. The summed E-state index contributed by atoms with van der Waals surface area (Å²) in [6, 6.07) is 10.9. The van der Waals surface area contributed by atoms with Gasteiger partial charge in [-0.05, 0) is 61.7 Å². The van der Waals surface area contributed by atoms with Gasteiger partial charge in [-0.2, -0.15) is 0 Å². The summed E-state index contributed by atoms with van der Waals surface area (Å²) in [4.78, 5) is 30.4. The van der Waals surface area contributed by atoms with E-state index in [2.05, 4.69) is 5.32 Å². The molecule has 2 amide bonds. The molecule has 0 saturated carbocycles. The summed E-state index contributed by atoms with van der Waals surface area (Å²) in [5, 5.41) is 33.5. The highest BCUT2D eigenvalue weighted by atomic mass is 19.1. The van der Waals surface area contributed by atoms with Crippen molar-refractivity contribution in [1.29, 1.82) is 5.41 Å². The third kappa shape index (κ3) is 6.43. The quantitative estimate of drug-likeness (QED) is 0.301. The number of likely N-dealkylation sites (N-methyl/N-ethyl adjacent to an activating group) is 1. The number of aliphatic hydroxyl groups excluding tert-OH is 2. The van der Waals surface area contributed by atoms with Gasteiger partial charge in [0.2, 0.25) is 12.3 Å². The van der Waals surface area contributed by atoms with Crippen molar-refractivity contribution in [3.05, 3.63) is 82.6 Å². The first-order valence-electron chi connectivity index (χ1n) is 13.0. The molecule has 0 aromatic heterocycles. The van der Waals surface area contributed by atoms with Gasteiger partial charge < -0.3 is 20.4 Å². The number of hydrogen-bond acceptors (Lipinski definition) is 6. The van der Waals surface area contributed by atoms with Crippen molar-refractivity contribution >= 4 is 17.6 Å². The average molecular weight is 542 g/mol. The van der Waals surface area contributed by atoms with Crippen molar-refractivity contribution in [2.45, 2.75) is 51.7 Å². The SMILES string of the molecule is CCN1C(=O)C(=C(O)CN2CCCC[C@@H]2C(=O)NCc2ccc(F)cc2)C(=N)N(Cc2ccc(F)cc2)C1O. The average Bonchev–Trinajstić information content (AvgIpc) is 2.92. The van der Waals surface area contributed by atoms with E-state index in [1.807, 2.05) is 0 Å². The first-order valence-corrected chi connectivity index (χ1v) is 13.0. The molecule has 2 atom stereocenters. The van der Waals surface area contributed by atoms with Gasteiger partial charge in [-0.15, -0.1) is 0 Å². The number of benzene rings is 2. The largest absolute Gasteiger partial charge is 0.510 e. The molecule has 0 bridgehead atoms. The zero-order valence-electron chi connectivity index (χ0n) is 21.7. The number of carbonyl (C=O) groups is 2. The second-order valence-corrected chi connectivity index (χ2v) is 9.69. The molecule has 2 heterocycles. The number of likely N-dealkylation sites (tertiary alicyclic amines) is 1. The van der Waals surface area contributed by atoms with Crippen LogP contribution in [0.25, 0.3) is 0 Å². The third-order valence-electron chi connectivity index (χ3n) is 7.10. The van der Waals surface area contributed by atoms with Crippen LogP contribution in [0.2, 0.25) is 0 Å². The highest BCUT2D eigenvalue weighted by molar-refractivity contribution is 6.21. The Labute approximate surface area is 225 Å². The minimum Gasteiger partial charge on any atom is -0.510 e. The molecule has 1 unspecified atom stereocenters. The molecule has 9 nitrogen and oxygen atoms in total. The number of rotatable bonds is 8.